The van der Waals surface area contributed by atoms with E-state index in [1.165, 1.54) is 12.8 Å². The molecule has 0 unspecified atom stereocenters. The SMILES string of the molecule is CC(C)CNC(=O)N1CC[C@H]2CCNC[C@H]21. The quantitative estimate of drug-likeness (QED) is 0.737. The average molecular weight is 225 g/mol. The number of carbonyl (C=O) groups excluding carboxylic acids is 1. The Morgan fingerprint density at radius 2 is 2.31 bits per heavy atom. The summed E-state index contributed by atoms with van der Waals surface area (Å²) in [6.07, 6.45) is 2.40. The maximum absolute atomic E-state index is 12.0. The number of nitrogens with zero attached hydrogens (tertiary/aromatic N) is 1. The number of nitrogens with one attached hydrogen (secondary N) is 2. The van der Waals surface area contributed by atoms with Crippen LogP contribution in [0.15, 0.2) is 0 Å². The smallest absolute Gasteiger partial charge is 0.317 e. The van der Waals surface area contributed by atoms with Gasteiger partial charge in [0, 0.05) is 25.7 Å². The van der Waals surface area contributed by atoms with Crippen molar-refractivity contribution in [3.63, 3.8) is 0 Å². The van der Waals surface area contributed by atoms with Crippen molar-refractivity contribution in [3.05, 3.63) is 0 Å². The number of piperidine rings is 1. The summed E-state index contributed by atoms with van der Waals surface area (Å²) in [5.41, 5.74) is 0. The van der Waals surface area contributed by atoms with Crippen LogP contribution >= 0.6 is 0 Å². The standard InChI is InChI=1S/C12H23N3O/c1-9(2)7-14-12(16)15-6-4-10-3-5-13-8-11(10)15/h9-11,13H,3-8H2,1-2H3,(H,14,16)/t10-,11-/m1/s1. The first kappa shape index (κ1) is 11.7. The first-order valence-electron chi connectivity index (χ1n) is 6.43. The largest absolute Gasteiger partial charge is 0.338 e. The lowest BCUT2D eigenvalue weighted by atomic mass is 9.93. The topological polar surface area (TPSA) is 44.4 Å². The van der Waals surface area contributed by atoms with Crippen molar-refractivity contribution in [3.8, 4) is 0 Å². The number of hydrogen-bond donors (Lipinski definition) is 2. The number of fused-ring (bicyclic) bond motifs is 1. The van der Waals surface area contributed by atoms with Crippen LogP contribution in [0.1, 0.15) is 26.7 Å². The van der Waals surface area contributed by atoms with Gasteiger partial charge in [0.05, 0.1) is 0 Å². The highest BCUT2D eigenvalue weighted by Gasteiger charge is 2.38. The van der Waals surface area contributed by atoms with Crippen LogP contribution < -0.4 is 10.6 Å². The third-order valence-electron chi connectivity index (χ3n) is 3.65. The van der Waals surface area contributed by atoms with Crippen molar-refractivity contribution >= 4 is 6.03 Å². The van der Waals surface area contributed by atoms with E-state index in [-0.39, 0.29) is 6.03 Å². The molecule has 2 rings (SSSR count). The molecule has 2 aliphatic heterocycles. The fourth-order valence-electron chi connectivity index (χ4n) is 2.71. The van der Waals surface area contributed by atoms with Crippen LogP contribution in [0, 0.1) is 11.8 Å². The van der Waals surface area contributed by atoms with Gasteiger partial charge in [-0.25, -0.2) is 4.79 Å². The zero-order valence-corrected chi connectivity index (χ0v) is 10.3. The number of amides is 2. The van der Waals surface area contributed by atoms with E-state index in [0.29, 0.717) is 12.0 Å². The molecule has 16 heavy (non-hydrogen) atoms. The second kappa shape index (κ2) is 5.04. The van der Waals surface area contributed by atoms with Crippen molar-refractivity contribution in [2.75, 3.05) is 26.2 Å². The zero-order chi connectivity index (χ0) is 11.5. The Hall–Kier alpha value is -0.770. The van der Waals surface area contributed by atoms with Crippen LogP contribution in [-0.4, -0.2) is 43.2 Å². The highest BCUT2D eigenvalue weighted by atomic mass is 16.2. The monoisotopic (exact) mass is 225 g/mol. The van der Waals surface area contributed by atoms with Gasteiger partial charge in [0.15, 0.2) is 0 Å². The van der Waals surface area contributed by atoms with Gasteiger partial charge in [-0.05, 0) is 31.2 Å². The molecule has 2 fully saturated rings. The molecule has 2 atom stereocenters. The molecule has 2 aliphatic rings. The van der Waals surface area contributed by atoms with Gasteiger partial charge >= 0.3 is 6.03 Å². The minimum absolute atomic E-state index is 0.130. The summed E-state index contributed by atoms with van der Waals surface area (Å²) in [5, 5.41) is 6.40. The van der Waals surface area contributed by atoms with Crippen molar-refractivity contribution in [1.29, 1.82) is 0 Å². The molecular weight excluding hydrogens is 202 g/mol. The van der Waals surface area contributed by atoms with Gasteiger partial charge in [-0.1, -0.05) is 13.8 Å². The molecule has 4 heteroatoms. The van der Waals surface area contributed by atoms with Gasteiger partial charge in [0.1, 0.15) is 0 Å². The van der Waals surface area contributed by atoms with Gasteiger partial charge in [0.2, 0.25) is 0 Å². The van der Waals surface area contributed by atoms with Gasteiger partial charge in [0.25, 0.3) is 0 Å². The molecule has 0 aromatic rings. The molecule has 0 aliphatic carbocycles. The Kier molecular flexibility index (Phi) is 3.69. The van der Waals surface area contributed by atoms with E-state index in [2.05, 4.69) is 24.5 Å². The lowest BCUT2D eigenvalue weighted by molar-refractivity contribution is 0.174. The third kappa shape index (κ3) is 2.48. The summed E-state index contributed by atoms with van der Waals surface area (Å²) in [7, 11) is 0. The van der Waals surface area contributed by atoms with Crippen LogP contribution in [0.4, 0.5) is 4.79 Å². The zero-order valence-electron chi connectivity index (χ0n) is 10.3. The maximum atomic E-state index is 12.0. The van der Waals surface area contributed by atoms with Crippen LogP contribution in [-0.2, 0) is 0 Å². The van der Waals surface area contributed by atoms with Crippen LogP contribution in [0.25, 0.3) is 0 Å². The molecular formula is C12H23N3O. The molecule has 0 saturated carbocycles. The summed E-state index contributed by atoms with van der Waals surface area (Å²) in [4.78, 5) is 14.0. The van der Waals surface area contributed by atoms with Crippen LogP contribution in [0.3, 0.4) is 0 Å². The van der Waals surface area contributed by atoms with E-state index in [4.69, 9.17) is 0 Å². The average Bonchev–Trinajstić information content (AvgIpc) is 2.69. The number of likely N-dealkylation sites (tertiary alicyclic amines) is 1. The number of urea groups is 1. The van der Waals surface area contributed by atoms with Gasteiger partial charge < -0.3 is 15.5 Å². The van der Waals surface area contributed by atoms with Crippen molar-refractivity contribution in [2.24, 2.45) is 11.8 Å². The predicted octanol–water partition coefficient (Wildman–Crippen LogP) is 1.04. The second-order valence-corrected chi connectivity index (χ2v) is 5.38. The van der Waals surface area contributed by atoms with E-state index < -0.39 is 0 Å². The second-order valence-electron chi connectivity index (χ2n) is 5.38. The summed E-state index contributed by atoms with van der Waals surface area (Å²) in [5.74, 6) is 1.25. The molecule has 2 N–H and O–H groups in total. The van der Waals surface area contributed by atoms with E-state index in [0.717, 1.165) is 32.1 Å². The molecule has 2 amide bonds. The summed E-state index contributed by atoms with van der Waals surface area (Å²) < 4.78 is 0. The number of carbonyl (C=O) groups is 1. The lowest BCUT2D eigenvalue weighted by Gasteiger charge is -2.32. The molecule has 0 bridgehead atoms. The van der Waals surface area contributed by atoms with Crippen molar-refractivity contribution < 1.29 is 4.79 Å². The summed E-state index contributed by atoms with van der Waals surface area (Å²) in [6.45, 7) is 8.04. The number of rotatable bonds is 2. The Bertz CT molecular complexity index is 255. The molecule has 4 nitrogen and oxygen atoms in total. The van der Waals surface area contributed by atoms with Crippen molar-refractivity contribution in [1.82, 2.24) is 15.5 Å². The van der Waals surface area contributed by atoms with Crippen molar-refractivity contribution in [2.45, 2.75) is 32.7 Å². The third-order valence-corrected chi connectivity index (χ3v) is 3.65. The Morgan fingerprint density at radius 1 is 1.50 bits per heavy atom. The van der Waals surface area contributed by atoms with Crippen LogP contribution in [0.5, 0.6) is 0 Å². The Morgan fingerprint density at radius 3 is 3.06 bits per heavy atom. The molecule has 0 spiro atoms. The van der Waals surface area contributed by atoms with E-state index in [9.17, 15) is 4.79 Å². The maximum Gasteiger partial charge on any atom is 0.317 e. The number of hydrogen-bond acceptors (Lipinski definition) is 2. The Balaban J connectivity index is 1.87. The van der Waals surface area contributed by atoms with Gasteiger partial charge in [-0.15, -0.1) is 0 Å². The highest BCUT2D eigenvalue weighted by Crippen LogP contribution is 2.28. The molecule has 2 saturated heterocycles. The van der Waals surface area contributed by atoms with E-state index in [1.807, 2.05) is 4.90 Å². The van der Waals surface area contributed by atoms with Crippen LogP contribution in [0.2, 0.25) is 0 Å². The van der Waals surface area contributed by atoms with Gasteiger partial charge in [-0.3, -0.25) is 0 Å². The lowest BCUT2D eigenvalue weighted by Crippen LogP contribution is -2.51. The molecule has 0 radical (unpaired) electrons. The fourth-order valence-corrected chi connectivity index (χ4v) is 2.71. The summed E-state index contributed by atoms with van der Waals surface area (Å²) >= 11 is 0. The fraction of sp³-hybridized carbons (Fsp3) is 0.917. The van der Waals surface area contributed by atoms with E-state index in [1.54, 1.807) is 0 Å². The summed E-state index contributed by atoms with van der Waals surface area (Å²) in [6, 6.07) is 0.561. The van der Waals surface area contributed by atoms with E-state index >= 15 is 0 Å². The molecule has 92 valence electrons. The molecule has 0 aromatic carbocycles. The normalized spacial score (nSPS) is 29.3. The first-order valence-corrected chi connectivity index (χ1v) is 6.43. The van der Waals surface area contributed by atoms with Gasteiger partial charge in [-0.2, -0.15) is 0 Å². The minimum atomic E-state index is 0.130. The Labute approximate surface area is 97.8 Å². The molecule has 0 aromatic heterocycles. The highest BCUT2D eigenvalue weighted by molar-refractivity contribution is 5.75. The molecule has 2 heterocycles. The first-order chi connectivity index (χ1) is 7.68. The predicted molar refractivity (Wildman–Crippen MR) is 64.3 cm³/mol. The minimum Gasteiger partial charge on any atom is -0.338 e.